The molecule has 0 radical (unpaired) electrons. The van der Waals surface area contributed by atoms with Crippen molar-refractivity contribution in [2.75, 3.05) is 23.8 Å². The van der Waals surface area contributed by atoms with Crippen molar-refractivity contribution < 1.29 is 9.13 Å². The molecule has 0 spiro atoms. The predicted molar refractivity (Wildman–Crippen MR) is 70.5 cm³/mol. The molecular weight excluding hydrogens is 231 g/mol. The molecule has 4 heteroatoms. The molecule has 98 valence electrons. The van der Waals surface area contributed by atoms with E-state index in [9.17, 15) is 4.39 Å². The number of piperidine rings is 1. The molecule has 2 unspecified atom stereocenters. The highest BCUT2D eigenvalue weighted by molar-refractivity contribution is 5.71. The van der Waals surface area contributed by atoms with E-state index < -0.39 is 0 Å². The van der Waals surface area contributed by atoms with Crippen LogP contribution in [-0.4, -0.2) is 19.2 Å². The van der Waals surface area contributed by atoms with Crippen LogP contribution in [0.15, 0.2) is 12.1 Å². The minimum absolute atomic E-state index is 0.310. The van der Waals surface area contributed by atoms with Crippen LogP contribution in [0.25, 0.3) is 0 Å². The fraction of sp³-hybridized carbons (Fsp3) is 0.571. The highest BCUT2D eigenvalue weighted by atomic mass is 19.1. The summed E-state index contributed by atoms with van der Waals surface area (Å²) in [5.41, 5.74) is 7.42. The van der Waals surface area contributed by atoms with Gasteiger partial charge in [-0.05, 0) is 32.1 Å². The molecule has 2 fully saturated rings. The highest BCUT2D eigenvalue weighted by Gasteiger charge is 2.38. The fourth-order valence-electron chi connectivity index (χ4n) is 3.29. The molecule has 2 bridgehead atoms. The first-order chi connectivity index (χ1) is 8.69. The van der Waals surface area contributed by atoms with E-state index in [1.165, 1.54) is 25.3 Å². The van der Waals surface area contributed by atoms with Crippen LogP contribution in [-0.2, 0) is 0 Å². The van der Waals surface area contributed by atoms with Crippen molar-refractivity contribution in [1.82, 2.24) is 0 Å². The van der Waals surface area contributed by atoms with E-state index in [0.717, 1.165) is 18.2 Å². The topological polar surface area (TPSA) is 38.5 Å². The van der Waals surface area contributed by atoms with Crippen molar-refractivity contribution in [3.8, 4) is 5.75 Å². The minimum atomic E-state index is -0.373. The van der Waals surface area contributed by atoms with Gasteiger partial charge in [0.1, 0.15) is 0 Å². The van der Waals surface area contributed by atoms with Crippen LogP contribution in [0.3, 0.4) is 0 Å². The van der Waals surface area contributed by atoms with Gasteiger partial charge < -0.3 is 15.4 Å². The zero-order valence-corrected chi connectivity index (χ0v) is 10.7. The third kappa shape index (κ3) is 1.80. The van der Waals surface area contributed by atoms with Crippen molar-refractivity contribution in [1.29, 1.82) is 0 Å². The first-order valence-electron chi connectivity index (χ1n) is 6.67. The van der Waals surface area contributed by atoms with Crippen molar-refractivity contribution in [2.45, 2.75) is 32.2 Å². The van der Waals surface area contributed by atoms with E-state index in [1.807, 2.05) is 6.92 Å². The molecule has 1 saturated carbocycles. The van der Waals surface area contributed by atoms with Crippen LogP contribution < -0.4 is 15.4 Å². The molecule has 2 atom stereocenters. The van der Waals surface area contributed by atoms with Gasteiger partial charge in [0.15, 0.2) is 11.6 Å². The second-order valence-corrected chi connectivity index (χ2v) is 5.26. The first-order valence-corrected chi connectivity index (χ1v) is 6.67. The standard InChI is InChI=1S/C14H19FN2O/c1-2-18-14-7-13(12(16)6-11(14)15)17-8-9-3-4-10(17)5-9/h6-7,9-10H,2-5,8,16H2,1H3. The van der Waals surface area contributed by atoms with Crippen LogP contribution in [0.5, 0.6) is 5.75 Å². The number of nitrogens with zero attached hydrogens (tertiary/aromatic N) is 1. The molecule has 1 aliphatic heterocycles. The maximum Gasteiger partial charge on any atom is 0.167 e. The van der Waals surface area contributed by atoms with Gasteiger partial charge in [-0.15, -0.1) is 0 Å². The average molecular weight is 250 g/mol. The third-order valence-electron chi connectivity index (χ3n) is 4.10. The number of ether oxygens (including phenoxy) is 1. The Morgan fingerprint density at radius 1 is 1.44 bits per heavy atom. The van der Waals surface area contributed by atoms with Gasteiger partial charge in [0.25, 0.3) is 0 Å². The Morgan fingerprint density at radius 3 is 2.89 bits per heavy atom. The lowest BCUT2D eigenvalue weighted by molar-refractivity contribution is 0.321. The van der Waals surface area contributed by atoms with Gasteiger partial charge in [-0.25, -0.2) is 4.39 Å². The molecule has 0 aromatic heterocycles. The summed E-state index contributed by atoms with van der Waals surface area (Å²) in [4.78, 5) is 2.32. The van der Waals surface area contributed by atoms with E-state index in [4.69, 9.17) is 10.5 Å². The molecule has 2 aliphatic rings. The first kappa shape index (κ1) is 11.6. The van der Waals surface area contributed by atoms with Gasteiger partial charge in [-0.2, -0.15) is 0 Å². The number of nitrogen functional groups attached to an aromatic ring is 1. The largest absolute Gasteiger partial charge is 0.491 e. The van der Waals surface area contributed by atoms with Crippen LogP contribution >= 0.6 is 0 Å². The molecular formula is C14H19FN2O. The summed E-state index contributed by atoms with van der Waals surface area (Å²) in [6, 6.07) is 3.72. The summed E-state index contributed by atoms with van der Waals surface area (Å²) < 4.78 is 19.0. The summed E-state index contributed by atoms with van der Waals surface area (Å²) in [5.74, 6) is 0.724. The summed E-state index contributed by atoms with van der Waals surface area (Å²) in [6.45, 7) is 3.37. The molecule has 3 nitrogen and oxygen atoms in total. The van der Waals surface area contributed by atoms with Gasteiger partial charge in [-0.3, -0.25) is 0 Å². The lowest BCUT2D eigenvalue weighted by Gasteiger charge is -2.30. The van der Waals surface area contributed by atoms with Crippen LogP contribution in [0, 0.1) is 11.7 Å². The van der Waals surface area contributed by atoms with Crippen molar-refractivity contribution in [3.05, 3.63) is 17.9 Å². The van der Waals surface area contributed by atoms with Crippen LogP contribution in [0.1, 0.15) is 26.2 Å². The number of halogens is 1. The monoisotopic (exact) mass is 250 g/mol. The summed E-state index contributed by atoms with van der Waals surface area (Å²) >= 11 is 0. The number of anilines is 2. The van der Waals surface area contributed by atoms with E-state index >= 15 is 0 Å². The minimum Gasteiger partial charge on any atom is -0.491 e. The number of benzene rings is 1. The maximum atomic E-state index is 13.7. The summed E-state index contributed by atoms with van der Waals surface area (Å²) in [6.07, 6.45) is 3.80. The zero-order valence-electron chi connectivity index (χ0n) is 10.7. The Bertz CT molecular complexity index is 463. The second-order valence-electron chi connectivity index (χ2n) is 5.26. The Balaban J connectivity index is 1.93. The Labute approximate surface area is 107 Å². The lowest BCUT2D eigenvalue weighted by atomic mass is 10.1. The van der Waals surface area contributed by atoms with E-state index in [2.05, 4.69) is 4.90 Å². The van der Waals surface area contributed by atoms with E-state index in [0.29, 0.717) is 24.1 Å². The Morgan fingerprint density at radius 2 is 2.28 bits per heavy atom. The van der Waals surface area contributed by atoms with Crippen LogP contribution in [0.4, 0.5) is 15.8 Å². The molecule has 18 heavy (non-hydrogen) atoms. The van der Waals surface area contributed by atoms with Crippen molar-refractivity contribution in [3.63, 3.8) is 0 Å². The number of nitrogens with two attached hydrogens (primary N) is 1. The molecule has 1 heterocycles. The molecule has 2 N–H and O–H groups in total. The van der Waals surface area contributed by atoms with Gasteiger partial charge in [0.05, 0.1) is 18.0 Å². The second kappa shape index (κ2) is 4.34. The molecule has 0 amide bonds. The normalized spacial score (nSPS) is 25.8. The zero-order chi connectivity index (χ0) is 12.7. The van der Waals surface area contributed by atoms with E-state index in [1.54, 1.807) is 6.07 Å². The maximum absolute atomic E-state index is 13.7. The number of hydrogen-bond acceptors (Lipinski definition) is 3. The third-order valence-corrected chi connectivity index (χ3v) is 4.10. The molecule has 1 aromatic carbocycles. The number of fused-ring (bicyclic) bond motifs is 2. The van der Waals surface area contributed by atoms with E-state index in [-0.39, 0.29) is 5.82 Å². The smallest absolute Gasteiger partial charge is 0.167 e. The summed E-state index contributed by atoms with van der Waals surface area (Å²) in [7, 11) is 0. The van der Waals surface area contributed by atoms with Crippen LogP contribution in [0.2, 0.25) is 0 Å². The highest BCUT2D eigenvalue weighted by Crippen LogP contribution is 2.43. The molecule has 1 aliphatic carbocycles. The SMILES string of the molecule is CCOc1cc(N2CC3CCC2C3)c(N)cc1F. The fourth-order valence-corrected chi connectivity index (χ4v) is 3.29. The van der Waals surface area contributed by atoms with Gasteiger partial charge >= 0.3 is 0 Å². The summed E-state index contributed by atoms with van der Waals surface area (Å²) in [5, 5.41) is 0. The van der Waals surface area contributed by atoms with Crippen molar-refractivity contribution in [2.24, 2.45) is 5.92 Å². The molecule has 1 aromatic rings. The van der Waals surface area contributed by atoms with Gasteiger partial charge in [0.2, 0.25) is 0 Å². The Hall–Kier alpha value is -1.45. The quantitative estimate of drug-likeness (QED) is 0.838. The van der Waals surface area contributed by atoms with Crippen molar-refractivity contribution >= 4 is 11.4 Å². The molecule has 3 rings (SSSR count). The number of hydrogen-bond donors (Lipinski definition) is 1. The average Bonchev–Trinajstić information content (AvgIpc) is 2.94. The van der Waals surface area contributed by atoms with Gasteiger partial charge in [0, 0.05) is 24.7 Å². The predicted octanol–water partition coefficient (Wildman–Crippen LogP) is 2.80. The van der Waals surface area contributed by atoms with Gasteiger partial charge in [-0.1, -0.05) is 0 Å². The molecule has 1 saturated heterocycles. The lowest BCUT2D eigenvalue weighted by Crippen LogP contribution is -2.32. The Kier molecular flexibility index (Phi) is 2.80. The number of rotatable bonds is 3.